The Morgan fingerprint density at radius 2 is 1.97 bits per heavy atom. The lowest BCUT2D eigenvalue weighted by Crippen LogP contribution is -2.60. The molecule has 2 N–H and O–H groups in total. The van der Waals surface area contributed by atoms with Gasteiger partial charge in [-0.05, 0) is 37.6 Å². The fraction of sp³-hybridized carbons (Fsp3) is 0.364. The Bertz CT molecular complexity index is 1320. The highest BCUT2D eigenvalue weighted by Crippen LogP contribution is 2.36. The molecule has 5 rings (SSSR count). The van der Waals surface area contributed by atoms with Gasteiger partial charge in [0, 0.05) is 32.3 Å². The van der Waals surface area contributed by atoms with Gasteiger partial charge < -0.3 is 19.9 Å². The van der Waals surface area contributed by atoms with Gasteiger partial charge in [-0.25, -0.2) is 8.78 Å². The van der Waals surface area contributed by atoms with E-state index >= 15 is 0 Å². The fourth-order valence-corrected chi connectivity index (χ4v) is 5.47. The Balaban J connectivity index is 1.52. The van der Waals surface area contributed by atoms with Crippen LogP contribution in [0, 0.1) is 11.6 Å². The number of carbonyl (C=O) groups is 1. The lowest BCUT2D eigenvalue weighted by Gasteiger charge is -2.48. The molecule has 3 aromatic rings. The molecule has 2 aromatic heterocycles. The number of benzene rings is 1. The lowest BCUT2D eigenvalue weighted by atomic mass is 9.84. The van der Waals surface area contributed by atoms with Crippen LogP contribution < -0.4 is 10.7 Å². The number of nitrogens with zero attached hydrogens (tertiary/aromatic N) is 4. The Labute approximate surface area is 191 Å². The first-order valence-electron chi connectivity index (χ1n) is 10.5. The summed E-state index contributed by atoms with van der Waals surface area (Å²) in [6.07, 6.45) is 3.14. The monoisotopic (exact) mass is 473 g/mol. The number of likely N-dealkylation sites (N-methyl/N-ethyl adjacent to an activating group) is 1. The first-order valence-corrected chi connectivity index (χ1v) is 11.3. The molecule has 0 radical (unpaired) electrons. The number of aromatic nitrogens is 3. The molecule has 33 heavy (non-hydrogen) atoms. The predicted octanol–water partition coefficient (Wildman–Crippen LogP) is 2.15. The van der Waals surface area contributed by atoms with E-state index < -0.39 is 34.3 Å². The minimum atomic E-state index is -0.708. The maximum atomic E-state index is 14.0. The van der Waals surface area contributed by atoms with Crippen LogP contribution >= 0.6 is 11.3 Å². The van der Waals surface area contributed by atoms with Crippen LogP contribution in [-0.2, 0) is 13.0 Å². The number of halogens is 2. The van der Waals surface area contributed by atoms with Gasteiger partial charge in [0.05, 0.1) is 11.1 Å². The van der Waals surface area contributed by atoms with E-state index in [4.69, 9.17) is 0 Å². The topological polar surface area (TPSA) is 100 Å². The minimum absolute atomic E-state index is 0.0338. The van der Waals surface area contributed by atoms with Crippen molar-refractivity contribution >= 4 is 17.2 Å². The third kappa shape index (κ3) is 3.61. The molecule has 1 aromatic carbocycles. The van der Waals surface area contributed by atoms with Crippen molar-refractivity contribution in [3.8, 4) is 16.3 Å². The van der Waals surface area contributed by atoms with Gasteiger partial charge >= 0.3 is 0 Å². The Morgan fingerprint density at radius 1 is 1.21 bits per heavy atom. The fourth-order valence-electron chi connectivity index (χ4n) is 4.60. The lowest BCUT2D eigenvalue weighted by molar-refractivity contribution is 0.0286. The second-order valence-corrected chi connectivity index (χ2v) is 9.51. The van der Waals surface area contributed by atoms with Gasteiger partial charge in [0.2, 0.25) is 5.43 Å². The first kappa shape index (κ1) is 21.7. The van der Waals surface area contributed by atoms with E-state index in [0.29, 0.717) is 11.6 Å². The van der Waals surface area contributed by atoms with Crippen LogP contribution in [0.15, 0.2) is 29.2 Å². The molecule has 8 nitrogen and oxygen atoms in total. The number of amides is 1. The van der Waals surface area contributed by atoms with Crippen LogP contribution in [0.1, 0.15) is 33.9 Å². The molecule has 11 heteroatoms. The number of aromatic hydroxyl groups is 1. The highest BCUT2D eigenvalue weighted by Gasteiger charge is 2.45. The van der Waals surface area contributed by atoms with E-state index in [-0.39, 0.29) is 28.2 Å². The van der Waals surface area contributed by atoms with E-state index in [1.165, 1.54) is 12.1 Å². The largest absolute Gasteiger partial charge is 0.503 e. The van der Waals surface area contributed by atoms with Gasteiger partial charge in [-0.15, -0.1) is 10.2 Å². The Kier molecular flexibility index (Phi) is 5.25. The molecule has 2 aliphatic rings. The molecular formula is C22H21F2N5O3S. The van der Waals surface area contributed by atoms with E-state index in [0.717, 1.165) is 43.3 Å². The Hall–Kier alpha value is -3.18. The molecule has 1 spiro atoms. The molecule has 1 saturated heterocycles. The van der Waals surface area contributed by atoms with Crippen LogP contribution in [0.3, 0.4) is 0 Å². The van der Waals surface area contributed by atoms with Gasteiger partial charge in [-0.1, -0.05) is 17.4 Å². The van der Waals surface area contributed by atoms with Crippen LogP contribution in [0.2, 0.25) is 0 Å². The van der Waals surface area contributed by atoms with Crippen molar-refractivity contribution < 1.29 is 18.7 Å². The standard InChI is InChI=1S/C22H21F2N5O3S/c1-28-21(32)17-19(31)18(30)14(10-29(17)11-22(28)4-6-25-7-5-22)20-27-26-16(33-20)8-12-2-3-13(23)9-15(12)24/h2-3,9-10,25,31H,4-8,11H2,1H3. The zero-order valence-electron chi connectivity index (χ0n) is 17.8. The van der Waals surface area contributed by atoms with E-state index in [1.54, 1.807) is 22.7 Å². The molecule has 1 fully saturated rings. The van der Waals surface area contributed by atoms with Crippen LogP contribution in [0.5, 0.6) is 5.75 Å². The molecule has 0 atom stereocenters. The summed E-state index contributed by atoms with van der Waals surface area (Å²) in [7, 11) is 1.71. The summed E-state index contributed by atoms with van der Waals surface area (Å²) in [6.45, 7) is 1.98. The highest BCUT2D eigenvalue weighted by molar-refractivity contribution is 7.14. The normalized spacial score (nSPS) is 17.4. The molecule has 4 heterocycles. The van der Waals surface area contributed by atoms with Crippen molar-refractivity contribution in [1.82, 2.24) is 25.0 Å². The molecule has 0 unspecified atom stereocenters. The van der Waals surface area contributed by atoms with Crippen molar-refractivity contribution in [2.75, 3.05) is 20.1 Å². The molecule has 172 valence electrons. The van der Waals surface area contributed by atoms with Crippen molar-refractivity contribution in [2.45, 2.75) is 31.3 Å². The Morgan fingerprint density at radius 3 is 2.70 bits per heavy atom. The van der Waals surface area contributed by atoms with Crippen molar-refractivity contribution in [1.29, 1.82) is 0 Å². The SMILES string of the molecule is CN1C(=O)c2c(O)c(=O)c(-c3nnc(Cc4ccc(F)cc4F)s3)cn2CC12CCNCC2. The van der Waals surface area contributed by atoms with E-state index in [1.807, 2.05) is 0 Å². The maximum absolute atomic E-state index is 14.0. The minimum Gasteiger partial charge on any atom is -0.503 e. The summed E-state index contributed by atoms with van der Waals surface area (Å²) in [5.41, 5.74) is -0.763. The smallest absolute Gasteiger partial charge is 0.274 e. The summed E-state index contributed by atoms with van der Waals surface area (Å²) < 4.78 is 28.8. The molecule has 0 aliphatic carbocycles. The number of hydrogen-bond donors (Lipinski definition) is 2. The number of pyridine rings is 1. The molecule has 2 aliphatic heterocycles. The van der Waals surface area contributed by atoms with Crippen molar-refractivity contribution in [2.24, 2.45) is 0 Å². The number of carbonyl (C=O) groups excluding carboxylic acids is 1. The quantitative estimate of drug-likeness (QED) is 0.605. The summed E-state index contributed by atoms with van der Waals surface area (Å²) >= 11 is 1.08. The van der Waals surface area contributed by atoms with Gasteiger partial charge in [-0.3, -0.25) is 9.59 Å². The zero-order valence-corrected chi connectivity index (χ0v) is 18.6. The second kappa shape index (κ2) is 7.99. The summed E-state index contributed by atoms with van der Waals surface area (Å²) in [6, 6.07) is 3.31. The zero-order chi connectivity index (χ0) is 23.3. The van der Waals surface area contributed by atoms with Gasteiger partial charge in [0.1, 0.15) is 16.6 Å². The summed E-state index contributed by atoms with van der Waals surface area (Å²) in [5.74, 6) is -2.37. The maximum Gasteiger partial charge on any atom is 0.274 e. The number of nitrogens with one attached hydrogen (secondary N) is 1. The highest BCUT2D eigenvalue weighted by atomic mass is 32.1. The second-order valence-electron chi connectivity index (χ2n) is 8.45. The predicted molar refractivity (Wildman–Crippen MR) is 117 cm³/mol. The average Bonchev–Trinajstić information content (AvgIpc) is 3.25. The number of fused-ring (bicyclic) bond motifs is 1. The third-order valence-corrected chi connectivity index (χ3v) is 7.48. The average molecular weight is 474 g/mol. The van der Waals surface area contributed by atoms with Gasteiger partial charge in [0.25, 0.3) is 5.91 Å². The molecular weight excluding hydrogens is 452 g/mol. The molecule has 0 saturated carbocycles. The number of piperidine rings is 1. The molecule has 1 amide bonds. The third-order valence-electron chi connectivity index (χ3n) is 6.53. The van der Waals surface area contributed by atoms with Crippen LogP contribution in [0.25, 0.3) is 10.6 Å². The van der Waals surface area contributed by atoms with E-state index in [9.17, 15) is 23.5 Å². The summed E-state index contributed by atoms with van der Waals surface area (Å²) in [4.78, 5) is 27.6. The van der Waals surface area contributed by atoms with Gasteiger partial charge in [0.15, 0.2) is 16.5 Å². The number of hydrogen-bond acceptors (Lipinski definition) is 7. The van der Waals surface area contributed by atoms with Crippen LogP contribution in [-0.4, -0.2) is 56.4 Å². The molecule has 0 bridgehead atoms. The van der Waals surface area contributed by atoms with Crippen molar-refractivity contribution in [3.63, 3.8) is 0 Å². The first-order chi connectivity index (χ1) is 15.8. The summed E-state index contributed by atoms with van der Waals surface area (Å²) in [5, 5.41) is 22.7. The number of rotatable bonds is 3. The van der Waals surface area contributed by atoms with Gasteiger partial charge in [-0.2, -0.15) is 0 Å². The van der Waals surface area contributed by atoms with Crippen molar-refractivity contribution in [3.05, 3.63) is 62.5 Å². The van der Waals surface area contributed by atoms with Crippen LogP contribution in [0.4, 0.5) is 8.78 Å². The van der Waals surface area contributed by atoms with E-state index in [2.05, 4.69) is 15.5 Å².